The topological polar surface area (TPSA) is 79.0 Å². The Morgan fingerprint density at radius 1 is 1.10 bits per heavy atom. The highest BCUT2D eigenvalue weighted by molar-refractivity contribution is 7.92. The van der Waals surface area contributed by atoms with Crippen LogP contribution in [0.2, 0.25) is 0 Å². The van der Waals surface area contributed by atoms with Gasteiger partial charge in [-0.1, -0.05) is 24.3 Å². The molecule has 1 heterocycles. The van der Waals surface area contributed by atoms with Gasteiger partial charge in [0.15, 0.2) is 0 Å². The molecule has 1 aliphatic rings. The summed E-state index contributed by atoms with van der Waals surface area (Å²) in [7, 11) is -3.48. The zero-order valence-corrected chi connectivity index (χ0v) is 18.3. The van der Waals surface area contributed by atoms with E-state index in [0.717, 1.165) is 44.0 Å². The maximum absolute atomic E-state index is 12.4. The van der Waals surface area contributed by atoms with Gasteiger partial charge in [-0.05, 0) is 42.3 Å². The van der Waals surface area contributed by atoms with E-state index in [9.17, 15) is 13.2 Å². The summed E-state index contributed by atoms with van der Waals surface area (Å²) in [6.45, 7) is 6.77. The first-order chi connectivity index (χ1) is 14.3. The van der Waals surface area contributed by atoms with Crippen LogP contribution in [0.4, 0.5) is 5.69 Å². The van der Waals surface area contributed by atoms with Crippen molar-refractivity contribution in [1.29, 1.82) is 0 Å². The summed E-state index contributed by atoms with van der Waals surface area (Å²) < 4.78 is 31.5. The number of anilines is 1. The fourth-order valence-corrected chi connectivity index (χ4v) is 4.25. The lowest BCUT2D eigenvalue weighted by molar-refractivity contribution is 0.0383. The van der Waals surface area contributed by atoms with Gasteiger partial charge in [-0.2, -0.15) is 0 Å². The Hall–Kier alpha value is -2.42. The SMILES string of the molecule is Cc1ccccc1CN(c1ccc(C(=O)NCCN2CCOCC2)cc1)S(C)(=O)=O. The summed E-state index contributed by atoms with van der Waals surface area (Å²) in [5.74, 6) is -0.167. The predicted molar refractivity (Wildman–Crippen MR) is 118 cm³/mol. The fourth-order valence-electron chi connectivity index (χ4n) is 3.38. The minimum atomic E-state index is -3.48. The number of aryl methyl sites for hydroxylation is 1. The number of hydrogen-bond donors (Lipinski definition) is 1. The molecule has 30 heavy (non-hydrogen) atoms. The normalized spacial score (nSPS) is 15.0. The molecule has 1 aliphatic heterocycles. The fraction of sp³-hybridized carbons (Fsp3) is 0.409. The van der Waals surface area contributed by atoms with Crippen molar-refractivity contribution in [3.05, 3.63) is 65.2 Å². The number of amides is 1. The van der Waals surface area contributed by atoms with Crippen LogP contribution >= 0.6 is 0 Å². The maximum Gasteiger partial charge on any atom is 0.251 e. The molecule has 7 nitrogen and oxygen atoms in total. The van der Waals surface area contributed by atoms with Gasteiger partial charge in [0, 0.05) is 31.7 Å². The Morgan fingerprint density at radius 2 is 1.77 bits per heavy atom. The zero-order chi connectivity index (χ0) is 21.6. The molecule has 0 aromatic heterocycles. The number of carbonyl (C=O) groups is 1. The molecular formula is C22H29N3O4S. The highest BCUT2D eigenvalue weighted by Gasteiger charge is 2.19. The molecule has 8 heteroatoms. The quantitative estimate of drug-likeness (QED) is 0.692. The molecule has 0 radical (unpaired) electrons. The number of sulfonamides is 1. The maximum atomic E-state index is 12.4. The van der Waals surface area contributed by atoms with Gasteiger partial charge in [0.1, 0.15) is 0 Å². The minimum absolute atomic E-state index is 0.167. The number of carbonyl (C=O) groups excluding carboxylic acids is 1. The Balaban J connectivity index is 1.64. The monoisotopic (exact) mass is 431 g/mol. The van der Waals surface area contributed by atoms with Gasteiger partial charge in [0.25, 0.3) is 5.91 Å². The van der Waals surface area contributed by atoms with Gasteiger partial charge in [0.2, 0.25) is 10.0 Å². The molecule has 1 N–H and O–H groups in total. The van der Waals surface area contributed by atoms with Gasteiger partial charge < -0.3 is 10.1 Å². The van der Waals surface area contributed by atoms with Crippen molar-refractivity contribution in [3.8, 4) is 0 Å². The Labute approximate surface area is 178 Å². The lowest BCUT2D eigenvalue weighted by Crippen LogP contribution is -2.41. The lowest BCUT2D eigenvalue weighted by Gasteiger charge is -2.26. The van der Waals surface area contributed by atoms with E-state index in [-0.39, 0.29) is 12.5 Å². The van der Waals surface area contributed by atoms with E-state index in [0.29, 0.717) is 17.8 Å². The van der Waals surface area contributed by atoms with Crippen molar-refractivity contribution < 1.29 is 17.9 Å². The number of nitrogens with one attached hydrogen (secondary N) is 1. The second kappa shape index (κ2) is 10.1. The molecule has 0 unspecified atom stereocenters. The lowest BCUT2D eigenvalue weighted by atomic mass is 10.1. The zero-order valence-electron chi connectivity index (χ0n) is 17.5. The van der Waals surface area contributed by atoms with E-state index in [1.54, 1.807) is 24.3 Å². The molecule has 1 fully saturated rings. The van der Waals surface area contributed by atoms with Crippen LogP contribution in [0.15, 0.2) is 48.5 Å². The summed E-state index contributed by atoms with van der Waals surface area (Å²) in [6, 6.07) is 14.4. The van der Waals surface area contributed by atoms with E-state index in [1.807, 2.05) is 31.2 Å². The van der Waals surface area contributed by atoms with E-state index in [4.69, 9.17) is 4.74 Å². The second-order valence-corrected chi connectivity index (χ2v) is 9.36. The van der Waals surface area contributed by atoms with Crippen LogP contribution in [0.25, 0.3) is 0 Å². The van der Waals surface area contributed by atoms with Crippen molar-refractivity contribution in [2.75, 3.05) is 50.0 Å². The summed E-state index contributed by atoms with van der Waals surface area (Å²) in [5, 5.41) is 2.92. The van der Waals surface area contributed by atoms with E-state index >= 15 is 0 Å². The third-order valence-electron chi connectivity index (χ3n) is 5.21. The molecule has 0 bridgehead atoms. The first-order valence-corrected chi connectivity index (χ1v) is 11.9. The summed E-state index contributed by atoms with van der Waals surface area (Å²) in [6.07, 6.45) is 1.19. The third kappa shape index (κ3) is 6.04. The molecular weight excluding hydrogens is 402 g/mol. The average molecular weight is 432 g/mol. The molecule has 0 saturated carbocycles. The highest BCUT2D eigenvalue weighted by atomic mass is 32.2. The van der Waals surface area contributed by atoms with Gasteiger partial charge in [0.05, 0.1) is 31.7 Å². The molecule has 1 saturated heterocycles. The highest BCUT2D eigenvalue weighted by Crippen LogP contribution is 2.22. The van der Waals surface area contributed by atoms with Crippen molar-refractivity contribution >= 4 is 21.6 Å². The summed E-state index contributed by atoms with van der Waals surface area (Å²) in [5.41, 5.74) is 3.01. The van der Waals surface area contributed by atoms with E-state index < -0.39 is 10.0 Å². The molecule has 2 aromatic rings. The van der Waals surface area contributed by atoms with Crippen molar-refractivity contribution in [3.63, 3.8) is 0 Å². The van der Waals surface area contributed by atoms with Crippen molar-refractivity contribution in [2.45, 2.75) is 13.5 Å². The van der Waals surface area contributed by atoms with Gasteiger partial charge in [-0.3, -0.25) is 14.0 Å². The average Bonchev–Trinajstić information content (AvgIpc) is 2.73. The number of benzene rings is 2. The minimum Gasteiger partial charge on any atom is -0.379 e. The van der Waals surface area contributed by atoms with Gasteiger partial charge in [-0.15, -0.1) is 0 Å². The first kappa shape index (κ1) is 22.3. The van der Waals surface area contributed by atoms with Crippen molar-refractivity contribution in [1.82, 2.24) is 10.2 Å². The Bertz CT molecular complexity index is 955. The molecule has 162 valence electrons. The molecule has 2 aromatic carbocycles. The van der Waals surface area contributed by atoms with Crippen LogP contribution in [0.3, 0.4) is 0 Å². The van der Waals surface area contributed by atoms with Crippen LogP contribution in [0.5, 0.6) is 0 Å². The molecule has 3 rings (SSSR count). The molecule has 0 spiro atoms. The predicted octanol–water partition coefficient (Wildman–Crippen LogP) is 2.02. The molecule has 1 amide bonds. The number of rotatable bonds is 8. The summed E-state index contributed by atoms with van der Waals surface area (Å²) in [4.78, 5) is 14.7. The van der Waals surface area contributed by atoms with Gasteiger partial charge in [-0.25, -0.2) is 8.42 Å². The third-order valence-corrected chi connectivity index (χ3v) is 6.35. The Morgan fingerprint density at radius 3 is 2.40 bits per heavy atom. The summed E-state index contributed by atoms with van der Waals surface area (Å²) >= 11 is 0. The number of morpholine rings is 1. The van der Waals surface area contributed by atoms with Crippen LogP contribution in [0.1, 0.15) is 21.5 Å². The standard InChI is InChI=1S/C22H29N3O4S/c1-18-5-3-4-6-20(18)17-25(30(2,27)28)21-9-7-19(8-10-21)22(26)23-11-12-24-13-15-29-16-14-24/h3-10H,11-17H2,1-2H3,(H,23,26). The smallest absolute Gasteiger partial charge is 0.251 e. The molecule has 0 atom stereocenters. The number of hydrogen-bond acceptors (Lipinski definition) is 5. The van der Waals surface area contributed by atoms with Crippen LogP contribution < -0.4 is 9.62 Å². The largest absolute Gasteiger partial charge is 0.379 e. The van der Waals surface area contributed by atoms with Crippen molar-refractivity contribution in [2.24, 2.45) is 0 Å². The molecule has 0 aliphatic carbocycles. The van der Waals surface area contributed by atoms with Crippen LogP contribution in [0, 0.1) is 6.92 Å². The van der Waals surface area contributed by atoms with Gasteiger partial charge >= 0.3 is 0 Å². The van der Waals surface area contributed by atoms with E-state index in [2.05, 4.69) is 10.2 Å². The van der Waals surface area contributed by atoms with Crippen LogP contribution in [-0.4, -0.2) is 64.9 Å². The Kier molecular flexibility index (Phi) is 7.47. The van der Waals surface area contributed by atoms with E-state index in [1.165, 1.54) is 10.6 Å². The number of ether oxygens (including phenoxy) is 1. The van der Waals surface area contributed by atoms with Crippen LogP contribution in [-0.2, 0) is 21.3 Å². The number of nitrogens with zero attached hydrogens (tertiary/aromatic N) is 2. The second-order valence-electron chi connectivity index (χ2n) is 7.45. The first-order valence-electron chi connectivity index (χ1n) is 10.0.